The number of amides is 1. The summed E-state index contributed by atoms with van der Waals surface area (Å²) in [5, 5.41) is 1.42. The molecular formula is C21H24N4O3S. The van der Waals surface area contributed by atoms with Crippen molar-refractivity contribution in [1.29, 1.82) is 0 Å². The lowest BCUT2D eigenvalue weighted by molar-refractivity contribution is -0.140. The van der Waals surface area contributed by atoms with Gasteiger partial charge in [-0.15, -0.1) is 6.58 Å². The Hall–Kier alpha value is -2.58. The molecule has 8 heteroatoms. The van der Waals surface area contributed by atoms with Crippen LogP contribution in [0.1, 0.15) is 13.8 Å². The largest absolute Gasteiger partial charge is 0.372 e. The number of rotatable bonds is 5. The van der Waals surface area contributed by atoms with E-state index in [4.69, 9.17) is 9.72 Å². The topological polar surface area (TPSA) is 80.2 Å². The van der Waals surface area contributed by atoms with E-state index in [0.717, 1.165) is 10.9 Å². The monoisotopic (exact) mass is 412 g/mol. The zero-order valence-corrected chi connectivity index (χ0v) is 17.4. The third kappa shape index (κ3) is 3.82. The van der Waals surface area contributed by atoms with E-state index in [9.17, 15) is 9.59 Å². The summed E-state index contributed by atoms with van der Waals surface area (Å²) in [6.07, 6.45) is 1.70. The molecule has 0 aliphatic carbocycles. The van der Waals surface area contributed by atoms with Gasteiger partial charge in [-0.25, -0.2) is 4.98 Å². The Morgan fingerprint density at radius 3 is 2.79 bits per heavy atom. The zero-order valence-electron chi connectivity index (χ0n) is 16.6. The number of H-pyrrole nitrogens is 1. The first-order valence-corrected chi connectivity index (χ1v) is 10.6. The van der Waals surface area contributed by atoms with E-state index in [1.165, 1.54) is 11.8 Å². The Labute approximate surface area is 172 Å². The van der Waals surface area contributed by atoms with Gasteiger partial charge in [0.25, 0.3) is 5.56 Å². The molecule has 1 N–H and O–H groups in total. The van der Waals surface area contributed by atoms with Gasteiger partial charge in [-0.3, -0.25) is 14.2 Å². The van der Waals surface area contributed by atoms with Crippen molar-refractivity contribution in [2.45, 2.75) is 37.8 Å². The molecule has 7 nitrogen and oxygen atoms in total. The number of carbonyl (C=O) groups excluding carboxylic acids is 1. The van der Waals surface area contributed by atoms with Crippen molar-refractivity contribution in [2.75, 3.05) is 18.8 Å². The third-order valence-electron chi connectivity index (χ3n) is 4.98. The maximum absolute atomic E-state index is 13.1. The number of aromatic amines is 1. The minimum atomic E-state index is -0.158. The summed E-state index contributed by atoms with van der Waals surface area (Å²) in [5.74, 6) is 0.243. The van der Waals surface area contributed by atoms with Gasteiger partial charge in [-0.05, 0) is 19.9 Å². The lowest BCUT2D eigenvalue weighted by Gasteiger charge is -2.35. The second kappa shape index (κ2) is 8.04. The van der Waals surface area contributed by atoms with Crippen LogP contribution in [0.5, 0.6) is 0 Å². The predicted octanol–water partition coefficient (Wildman–Crippen LogP) is 2.79. The number of ether oxygens (including phenoxy) is 1. The number of allylic oxidation sites excluding steroid dienone is 1. The molecule has 29 heavy (non-hydrogen) atoms. The number of nitrogens with one attached hydrogen (secondary N) is 1. The minimum Gasteiger partial charge on any atom is -0.372 e. The van der Waals surface area contributed by atoms with Crippen LogP contribution in [-0.4, -0.2) is 56.4 Å². The van der Waals surface area contributed by atoms with Gasteiger partial charge in [0.15, 0.2) is 5.16 Å². The summed E-state index contributed by atoms with van der Waals surface area (Å²) < 4.78 is 7.27. The number of nitrogens with zero attached hydrogens (tertiary/aromatic N) is 3. The van der Waals surface area contributed by atoms with Crippen molar-refractivity contribution >= 4 is 39.6 Å². The van der Waals surface area contributed by atoms with Crippen LogP contribution >= 0.6 is 11.8 Å². The van der Waals surface area contributed by atoms with Crippen LogP contribution in [0.3, 0.4) is 0 Å². The molecule has 1 saturated heterocycles. The van der Waals surface area contributed by atoms with Crippen LogP contribution in [0, 0.1) is 0 Å². The van der Waals surface area contributed by atoms with Crippen molar-refractivity contribution in [3.05, 3.63) is 47.3 Å². The number of benzene rings is 1. The van der Waals surface area contributed by atoms with Crippen LogP contribution in [-0.2, 0) is 16.1 Å². The molecule has 1 aliphatic rings. The molecule has 0 spiro atoms. The number of fused-ring (bicyclic) bond motifs is 3. The highest BCUT2D eigenvalue weighted by Gasteiger charge is 2.26. The van der Waals surface area contributed by atoms with Gasteiger partial charge in [-0.2, -0.15) is 0 Å². The maximum atomic E-state index is 13.1. The Kier molecular flexibility index (Phi) is 5.47. The standard InChI is InChI=1S/C21H24N4O3S/c1-4-9-25-20(27)19-18(15-7-5-6-8-16(15)22-19)23-21(25)29-12-17(26)24-10-13(2)28-14(3)11-24/h4-8,13-14,22H,1,9-12H2,2-3H3/t13-,14-/m0/s1. The fraction of sp³-hybridized carbons (Fsp3) is 0.381. The molecule has 152 valence electrons. The molecule has 1 amide bonds. The normalized spacial score (nSPS) is 19.7. The molecule has 1 fully saturated rings. The van der Waals surface area contributed by atoms with Crippen molar-refractivity contribution in [2.24, 2.45) is 0 Å². The first-order chi connectivity index (χ1) is 14.0. The number of hydrogen-bond acceptors (Lipinski definition) is 5. The predicted molar refractivity (Wildman–Crippen MR) is 115 cm³/mol. The van der Waals surface area contributed by atoms with Crippen LogP contribution < -0.4 is 5.56 Å². The average Bonchev–Trinajstić information content (AvgIpc) is 3.07. The quantitative estimate of drug-likeness (QED) is 0.396. The summed E-state index contributed by atoms with van der Waals surface area (Å²) in [4.78, 5) is 35.5. The lowest BCUT2D eigenvalue weighted by Crippen LogP contribution is -2.48. The summed E-state index contributed by atoms with van der Waals surface area (Å²) in [6, 6.07) is 7.70. The Balaban J connectivity index is 1.66. The number of para-hydroxylation sites is 1. The molecule has 2 atom stereocenters. The number of carbonyl (C=O) groups is 1. The van der Waals surface area contributed by atoms with Gasteiger partial charge in [0, 0.05) is 30.5 Å². The summed E-state index contributed by atoms with van der Waals surface area (Å²) in [7, 11) is 0. The first kappa shape index (κ1) is 19.7. The fourth-order valence-electron chi connectivity index (χ4n) is 3.78. The van der Waals surface area contributed by atoms with E-state index in [-0.39, 0.29) is 29.4 Å². The molecule has 1 aliphatic heterocycles. The Morgan fingerprint density at radius 2 is 2.07 bits per heavy atom. The van der Waals surface area contributed by atoms with Gasteiger partial charge in [0.2, 0.25) is 5.91 Å². The molecule has 2 aromatic heterocycles. The van der Waals surface area contributed by atoms with Crippen LogP contribution in [0.15, 0.2) is 46.9 Å². The van der Waals surface area contributed by atoms with E-state index >= 15 is 0 Å². The molecule has 4 rings (SSSR count). The number of hydrogen-bond donors (Lipinski definition) is 1. The van der Waals surface area contributed by atoms with E-state index < -0.39 is 0 Å². The second-order valence-corrected chi connectivity index (χ2v) is 8.28. The van der Waals surface area contributed by atoms with Crippen molar-refractivity contribution in [3.63, 3.8) is 0 Å². The summed E-state index contributed by atoms with van der Waals surface area (Å²) in [5.41, 5.74) is 1.82. The summed E-state index contributed by atoms with van der Waals surface area (Å²) in [6.45, 7) is 9.18. The van der Waals surface area contributed by atoms with E-state index in [0.29, 0.717) is 35.8 Å². The third-order valence-corrected chi connectivity index (χ3v) is 5.95. The van der Waals surface area contributed by atoms with Gasteiger partial charge >= 0.3 is 0 Å². The molecule has 1 aromatic carbocycles. The average molecular weight is 413 g/mol. The second-order valence-electron chi connectivity index (χ2n) is 7.34. The highest BCUT2D eigenvalue weighted by Crippen LogP contribution is 2.25. The van der Waals surface area contributed by atoms with Gasteiger partial charge in [0.1, 0.15) is 11.0 Å². The zero-order chi connectivity index (χ0) is 20.5. The SMILES string of the molecule is C=CCn1c(SCC(=O)N2C[C@H](C)O[C@@H](C)C2)nc2c([nH]c3ccccc32)c1=O. The highest BCUT2D eigenvalue weighted by atomic mass is 32.2. The molecule has 3 aromatic rings. The molecule has 3 heterocycles. The fourth-order valence-corrected chi connectivity index (χ4v) is 4.68. The van der Waals surface area contributed by atoms with Crippen LogP contribution in [0.2, 0.25) is 0 Å². The van der Waals surface area contributed by atoms with Crippen molar-refractivity contribution < 1.29 is 9.53 Å². The highest BCUT2D eigenvalue weighted by molar-refractivity contribution is 7.99. The molecule has 0 bridgehead atoms. The lowest BCUT2D eigenvalue weighted by atomic mass is 10.2. The molecular weight excluding hydrogens is 388 g/mol. The van der Waals surface area contributed by atoms with Crippen molar-refractivity contribution in [3.8, 4) is 0 Å². The van der Waals surface area contributed by atoms with Gasteiger partial charge < -0.3 is 14.6 Å². The Bertz CT molecular complexity index is 1130. The smallest absolute Gasteiger partial charge is 0.278 e. The number of thioether (sulfide) groups is 1. The maximum Gasteiger partial charge on any atom is 0.278 e. The van der Waals surface area contributed by atoms with Crippen LogP contribution in [0.25, 0.3) is 21.9 Å². The molecule has 0 saturated carbocycles. The minimum absolute atomic E-state index is 0.0207. The summed E-state index contributed by atoms with van der Waals surface area (Å²) >= 11 is 1.29. The van der Waals surface area contributed by atoms with Crippen LogP contribution in [0.4, 0.5) is 0 Å². The van der Waals surface area contributed by atoms with E-state index in [1.807, 2.05) is 43.0 Å². The number of morpholine rings is 1. The molecule has 0 unspecified atom stereocenters. The van der Waals surface area contributed by atoms with E-state index in [2.05, 4.69) is 11.6 Å². The first-order valence-electron chi connectivity index (χ1n) is 9.66. The van der Waals surface area contributed by atoms with Crippen molar-refractivity contribution in [1.82, 2.24) is 19.4 Å². The number of aromatic nitrogens is 3. The van der Waals surface area contributed by atoms with Gasteiger partial charge in [-0.1, -0.05) is 36.0 Å². The van der Waals surface area contributed by atoms with E-state index in [1.54, 1.807) is 10.6 Å². The Morgan fingerprint density at radius 1 is 1.34 bits per heavy atom. The van der Waals surface area contributed by atoms with Gasteiger partial charge in [0.05, 0.1) is 18.0 Å². The molecule has 0 radical (unpaired) electrons.